The third kappa shape index (κ3) is 3.78. The number of halogens is 1. The smallest absolute Gasteiger partial charge is 0.373 e. The van der Waals surface area contributed by atoms with E-state index in [1.165, 1.54) is 31.4 Å². The molecule has 8 nitrogen and oxygen atoms in total. The lowest BCUT2D eigenvalue weighted by Crippen LogP contribution is -2.30. The highest BCUT2D eigenvalue weighted by Gasteiger charge is 2.34. The molecule has 4 rings (SSSR count). The zero-order valence-corrected chi connectivity index (χ0v) is 16.3. The first kappa shape index (κ1) is 19.7. The summed E-state index contributed by atoms with van der Waals surface area (Å²) >= 11 is 0. The maximum Gasteiger partial charge on any atom is 0.373 e. The number of hydrogen-bond acceptors (Lipinski definition) is 6. The number of anilines is 1. The molecule has 156 valence electrons. The van der Waals surface area contributed by atoms with E-state index in [0.29, 0.717) is 0 Å². The largest absolute Gasteiger partial charge is 0.463 e. The Labute approximate surface area is 171 Å². The molecule has 9 heteroatoms. The van der Waals surface area contributed by atoms with Crippen LogP contribution in [0, 0.1) is 5.82 Å². The number of esters is 1. The molecule has 0 atom stereocenters. The van der Waals surface area contributed by atoms with Crippen LogP contribution in [0.1, 0.15) is 34.7 Å². The maximum absolute atomic E-state index is 14.6. The van der Waals surface area contributed by atoms with E-state index in [2.05, 4.69) is 15.0 Å². The number of nitrogens with zero attached hydrogens (tertiary/aromatic N) is 2. The summed E-state index contributed by atoms with van der Waals surface area (Å²) in [7, 11) is 1.22. The molecule has 0 saturated carbocycles. The van der Waals surface area contributed by atoms with E-state index in [9.17, 15) is 18.8 Å². The average molecular weight is 413 g/mol. The fraction of sp³-hybridized carbons (Fsp3) is 0.286. The van der Waals surface area contributed by atoms with Gasteiger partial charge in [-0.3, -0.25) is 9.69 Å². The Kier molecular flexibility index (Phi) is 5.26. The molecule has 30 heavy (non-hydrogen) atoms. The van der Waals surface area contributed by atoms with Crippen molar-refractivity contribution in [1.29, 1.82) is 0 Å². The molecule has 2 saturated heterocycles. The predicted molar refractivity (Wildman–Crippen MR) is 105 cm³/mol. The van der Waals surface area contributed by atoms with E-state index in [1.54, 1.807) is 12.1 Å². The van der Waals surface area contributed by atoms with Crippen molar-refractivity contribution in [2.24, 2.45) is 0 Å². The van der Waals surface area contributed by atoms with E-state index < -0.39 is 23.7 Å². The van der Waals surface area contributed by atoms with Gasteiger partial charge in [0.15, 0.2) is 0 Å². The molecule has 2 aromatic rings. The highest BCUT2D eigenvalue weighted by Crippen LogP contribution is 2.25. The Balaban J connectivity index is 1.50. The lowest BCUT2D eigenvalue weighted by atomic mass is 10.1. The van der Waals surface area contributed by atoms with E-state index in [0.717, 1.165) is 36.5 Å². The van der Waals surface area contributed by atoms with Gasteiger partial charge in [-0.25, -0.2) is 14.0 Å². The molecule has 0 radical (unpaired) electrons. The van der Waals surface area contributed by atoms with Gasteiger partial charge in [-0.05, 0) is 49.2 Å². The average Bonchev–Trinajstić information content (AvgIpc) is 3.48. The van der Waals surface area contributed by atoms with Crippen LogP contribution in [-0.4, -0.2) is 43.0 Å². The molecule has 0 spiro atoms. The van der Waals surface area contributed by atoms with E-state index >= 15 is 0 Å². The van der Waals surface area contributed by atoms with Crippen LogP contribution in [0.4, 0.5) is 14.9 Å². The number of urea groups is 1. The summed E-state index contributed by atoms with van der Waals surface area (Å²) in [6.07, 6.45) is 3.48. The summed E-state index contributed by atoms with van der Waals surface area (Å²) in [5, 5.41) is 2.45. The molecule has 1 N–H and O–H groups in total. The third-order valence-corrected chi connectivity index (χ3v) is 5.08. The Bertz CT molecular complexity index is 1040. The van der Waals surface area contributed by atoms with Crippen LogP contribution in [0.15, 0.2) is 40.4 Å². The van der Waals surface area contributed by atoms with Gasteiger partial charge in [0, 0.05) is 24.3 Å². The van der Waals surface area contributed by atoms with Crippen LogP contribution in [0.5, 0.6) is 0 Å². The van der Waals surface area contributed by atoms with Gasteiger partial charge in [-0.2, -0.15) is 0 Å². The van der Waals surface area contributed by atoms with Gasteiger partial charge >= 0.3 is 12.0 Å². The number of methoxy groups -OCH3 is 1. The molecule has 1 aromatic carbocycles. The number of nitrogens with one attached hydrogen (secondary N) is 1. The van der Waals surface area contributed by atoms with Crippen LogP contribution in [0.25, 0.3) is 6.08 Å². The van der Waals surface area contributed by atoms with Crippen molar-refractivity contribution >= 4 is 29.7 Å². The molecule has 1 aromatic heterocycles. The molecule has 0 bridgehead atoms. The van der Waals surface area contributed by atoms with E-state index in [1.807, 2.05) is 0 Å². The number of hydrogen-bond donors (Lipinski definition) is 1. The lowest BCUT2D eigenvalue weighted by Gasteiger charge is -2.17. The Morgan fingerprint density at radius 1 is 1.23 bits per heavy atom. The number of ether oxygens (including phenoxy) is 1. The SMILES string of the molecule is COC(=O)c1ccc(CN2C(=O)NC(=Cc3ccc(N4CCCC4)cc3F)C2=O)o1. The number of benzene rings is 1. The van der Waals surface area contributed by atoms with E-state index in [4.69, 9.17) is 4.42 Å². The van der Waals surface area contributed by atoms with Gasteiger partial charge in [0.25, 0.3) is 5.91 Å². The molecule has 2 aliphatic heterocycles. The summed E-state index contributed by atoms with van der Waals surface area (Å²) in [4.78, 5) is 39.3. The van der Waals surface area contributed by atoms with Crippen LogP contribution in [0.2, 0.25) is 0 Å². The number of carbonyl (C=O) groups excluding carboxylic acids is 3. The van der Waals surface area contributed by atoms with Crippen LogP contribution in [0.3, 0.4) is 0 Å². The normalized spacial score (nSPS) is 17.7. The summed E-state index contributed by atoms with van der Waals surface area (Å²) in [6.45, 7) is 1.62. The minimum atomic E-state index is -0.660. The minimum absolute atomic E-state index is 0.0320. The second kappa shape index (κ2) is 8.02. The van der Waals surface area contributed by atoms with Crippen molar-refractivity contribution in [3.05, 3.63) is 58.9 Å². The fourth-order valence-electron chi connectivity index (χ4n) is 3.50. The quantitative estimate of drug-likeness (QED) is 0.460. The molecule has 2 aliphatic rings. The summed E-state index contributed by atoms with van der Waals surface area (Å²) in [6, 6.07) is 7.05. The van der Waals surface area contributed by atoms with Crippen molar-refractivity contribution < 1.29 is 27.9 Å². The Hall–Kier alpha value is -3.62. The van der Waals surface area contributed by atoms with E-state index in [-0.39, 0.29) is 29.3 Å². The first-order valence-corrected chi connectivity index (χ1v) is 9.52. The standard InChI is InChI=1S/C21H20FN3O5/c1-29-20(27)18-7-6-15(30-18)12-25-19(26)17(23-21(25)28)10-13-4-5-14(11-16(13)22)24-8-2-3-9-24/h4-7,10-11H,2-3,8-9,12H2,1H3,(H,23,28). The molecule has 0 unspecified atom stereocenters. The molecular weight excluding hydrogens is 393 g/mol. The predicted octanol–water partition coefficient (Wildman–Crippen LogP) is 2.90. The molecule has 3 heterocycles. The van der Waals surface area contributed by atoms with Crippen LogP contribution in [-0.2, 0) is 16.1 Å². The number of furan rings is 1. The van der Waals surface area contributed by atoms with Crippen molar-refractivity contribution in [2.75, 3.05) is 25.1 Å². The fourth-order valence-corrected chi connectivity index (χ4v) is 3.50. The molecule has 2 fully saturated rings. The zero-order valence-electron chi connectivity index (χ0n) is 16.3. The Morgan fingerprint density at radius 2 is 2.00 bits per heavy atom. The van der Waals surface area contributed by atoms with Gasteiger partial charge in [-0.15, -0.1) is 0 Å². The first-order chi connectivity index (χ1) is 14.5. The van der Waals surface area contributed by atoms with Gasteiger partial charge in [0.2, 0.25) is 5.76 Å². The van der Waals surface area contributed by atoms with Crippen LogP contribution < -0.4 is 10.2 Å². The number of carbonyl (C=O) groups is 3. The van der Waals surface area contributed by atoms with Gasteiger partial charge in [0.05, 0.1) is 13.7 Å². The van der Waals surface area contributed by atoms with Gasteiger partial charge in [-0.1, -0.05) is 0 Å². The second-order valence-corrected chi connectivity index (χ2v) is 7.04. The first-order valence-electron chi connectivity index (χ1n) is 9.52. The van der Waals surface area contributed by atoms with Gasteiger partial charge < -0.3 is 19.4 Å². The maximum atomic E-state index is 14.6. The summed E-state index contributed by atoms with van der Waals surface area (Å²) in [5.41, 5.74) is 0.969. The lowest BCUT2D eigenvalue weighted by molar-refractivity contribution is -0.123. The van der Waals surface area contributed by atoms with Crippen molar-refractivity contribution in [2.45, 2.75) is 19.4 Å². The zero-order chi connectivity index (χ0) is 21.3. The highest BCUT2D eigenvalue weighted by atomic mass is 19.1. The van der Waals surface area contributed by atoms with Crippen molar-refractivity contribution in [1.82, 2.24) is 10.2 Å². The number of imide groups is 1. The minimum Gasteiger partial charge on any atom is -0.463 e. The van der Waals surface area contributed by atoms with Crippen molar-refractivity contribution in [3.8, 4) is 0 Å². The van der Waals surface area contributed by atoms with Gasteiger partial charge in [0.1, 0.15) is 17.3 Å². The molecule has 0 aliphatic carbocycles. The Morgan fingerprint density at radius 3 is 2.70 bits per heavy atom. The molecular formula is C21H20FN3O5. The highest BCUT2D eigenvalue weighted by molar-refractivity contribution is 6.13. The third-order valence-electron chi connectivity index (χ3n) is 5.08. The summed E-state index contributed by atoms with van der Waals surface area (Å²) < 4.78 is 24.4. The topological polar surface area (TPSA) is 92.1 Å². The summed E-state index contributed by atoms with van der Waals surface area (Å²) in [5.74, 6) is -1.54. The number of amides is 3. The van der Waals surface area contributed by atoms with Crippen molar-refractivity contribution in [3.63, 3.8) is 0 Å². The molecule has 3 amide bonds. The number of rotatable bonds is 5. The second-order valence-electron chi connectivity index (χ2n) is 7.04. The monoisotopic (exact) mass is 413 g/mol. The van der Waals surface area contributed by atoms with Crippen LogP contribution >= 0.6 is 0 Å².